The predicted octanol–water partition coefficient (Wildman–Crippen LogP) is 4.64. The number of nitriles is 1. The van der Waals surface area contributed by atoms with Gasteiger partial charge < -0.3 is 10.6 Å². The van der Waals surface area contributed by atoms with Crippen molar-refractivity contribution in [2.75, 3.05) is 31.9 Å². The van der Waals surface area contributed by atoms with Crippen LogP contribution in [0.3, 0.4) is 0 Å². The highest BCUT2D eigenvalue weighted by atomic mass is 32.1. The molecule has 1 amide bonds. The van der Waals surface area contributed by atoms with Gasteiger partial charge in [0.1, 0.15) is 23.2 Å². The Morgan fingerprint density at radius 2 is 1.74 bits per heavy atom. The number of imidazole rings is 1. The second-order valence-corrected chi connectivity index (χ2v) is 11.2. The highest BCUT2D eigenvalue weighted by Gasteiger charge is 2.25. The van der Waals surface area contributed by atoms with Crippen molar-refractivity contribution < 1.29 is 9.18 Å². The Morgan fingerprint density at radius 3 is 2.51 bits per heavy atom. The zero-order chi connectivity index (χ0) is 29.5. The number of pyridine rings is 2. The summed E-state index contributed by atoms with van der Waals surface area (Å²) in [5.41, 5.74) is 11.1. The fraction of sp³-hybridized carbons (Fsp3) is 0.161. The monoisotopic (exact) mass is 589 g/mol. The van der Waals surface area contributed by atoms with E-state index in [1.165, 1.54) is 12.1 Å². The summed E-state index contributed by atoms with van der Waals surface area (Å²) in [6.07, 6.45) is 3.40. The van der Waals surface area contributed by atoms with Gasteiger partial charge in [-0.15, -0.1) is 11.3 Å². The summed E-state index contributed by atoms with van der Waals surface area (Å²) in [5.74, 6) is 0.288. The average Bonchev–Trinajstić information content (AvgIpc) is 3.63. The van der Waals surface area contributed by atoms with Crippen molar-refractivity contribution >= 4 is 44.4 Å². The first-order chi connectivity index (χ1) is 21.0. The molecule has 2 N–H and O–H groups in total. The number of nitrogen functional groups attached to an aromatic ring is 1. The van der Waals surface area contributed by atoms with E-state index in [0.717, 1.165) is 45.9 Å². The van der Waals surface area contributed by atoms with Gasteiger partial charge in [0.2, 0.25) is 0 Å². The Balaban J connectivity index is 1.07. The number of anilines is 1. The van der Waals surface area contributed by atoms with Crippen LogP contribution in [0.15, 0.2) is 73.1 Å². The number of aromatic nitrogens is 5. The van der Waals surface area contributed by atoms with E-state index in [-0.39, 0.29) is 16.5 Å². The minimum atomic E-state index is -0.539. The number of fused-ring (bicyclic) bond motifs is 2. The lowest BCUT2D eigenvalue weighted by Crippen LogP contribution is -2.48. The standard InChI is InChI=1S/C31H24FN9OS/c32-20-15-23(27-25(16-20)37-26(17-33)43-27)31(42)40-13-11-39(12-14-40)18-19-5-7-21(8-6-19)41-29(22-3-1-9-35-28(22)34)38-24-4-2-10-36-30(24)41/h1-10,15-16H,11-14,18H2,(H2,34,35). The molecule has 0 aliphatic carbocycles. The van der Waals surface area contributed by atoms with Crippen LogP contribution >= 0.6 is 11.3 Å². The number of carbonyl (C=O) groups is 1. The lowest BCUT2D eigenvalue weighted by atomic mass is 10.1. The van der Waals surface area contributed by atoms with Gasteiger partial charge in [-0.05, 0) is 48.0 Å². The molecule has 212 valence electrons. The molecule has 1 saturated heterocycles. The first kappa shape index (κ1) is 26.6. The number of benzene rings is 2. The normalized spacial score (nSPS) is 13.9. The molecule has 43 heavy (non-hydrogen) atoms. The summed E-state index contributed by atoms with van der Waals surface area (Å²) in [5, 5.41) is 9.41. The number of piperazine rings is 1. The lowest BCUT2D eigenvalue weighted by molar-refractivity contribution is 0.0630. The Hall–Kier alpha value is -5.25. The highest BCUT2D eigenvalue weighted by Crippen LogP contribution is 2.31. The molecule has 4 aromatic heterocycles. The minimum absolute atomic E-state index is 0.209. The molecule has 12 heteroatoms. The van der Waals surface area contributed by atoms with E-state index in [0.29, 0.717) is 48.0 Å². The van der Waals surface area contributed by atoms with Crippen molar-refractivity contribution in [2.24, 2.45) is 0 Å². The topological polar surface area (TPSA) is 130 Å². The van der Waals surface area contributed by atoms with Crippen molar-refractivity contribution in [1.29, 1.82) is 5.26 Å². The third-order valence-corrected chi connectivity index (χ3v) is 8.55. The van der Waals surface area contributed by atoms with Crippen LogP contribution in [0.2, 0.25) is 0 Å². The molecule has 0 spiro atoms. The zero-order valence-corrected chi connectivity index (χ0v) is 23.6. The Labute approximate surface area is 249 Å². The highest BCUT2D eigenvalue weighted by molar-refractivity contribution is 7.19. The minimum Gasteiger partial charge on any atom is -0.383 e. The quantitative estimate of drug-likeness (QED) is 0.308. The number of hydrogen-bond acceptors (Lipinski definition) is 9. The number of rotatable bonds is 5. The predicted molar refractivity (Wildman–Crippen MR) is 162 cm³/mol. The van der Waals surface area contributed by atoms with Gasteiger partial charge in [-0.2, -0.15) is 5.26 Å². The number of nitrogens with two attached hydrogens (primary N) is 1. The smallest absolute Gasteiger partial charge is 0.255 e. The van der Waals surface area contributed by atoms with Crippen molar-refractivity contribution in [3.05, 3.63) is 95.0 Å². The van der Waals surface area contributed by atoms with Crippen LogP contribution in [0, 0.1) is 17.1 Å². The van der Waals surface area contributed by atoms with Crippen molar-refractivity contribution in [3.63, 3.8) is 0 Å². The molecule has 0 unspecified atom stereocenters. The molecule has 6 aromatic rings. The lowest BCUT2D eigenvalue weighted by Gasteiger charge is -2.35. The van der Waals surface area contributed by atoms with E-state index in [2.05, 4.69) is 32.0 Å². The molecule has 0 atom stereocenters. The maximum Gasteiger partial charge on any atom is 0.255 e. The summed E-state index contributed by atoms with van der Waals surface area (Å²) in [4.78, 5) is 35.1. The third kappa shape index (κ3) is 4.94. The van der Waals surface area contributed by atoms with Crippen LogP contribution < -0.4 is 5.73 Å². The van der Waals surface area contributed by atoms with E-state index in [9.17, 15) is 14.4 Å². The van der Waals surface area contributed by atoms with Gasteiger partial charge in [0.15, 0.2) is 16.5 Å². The van der Waals surface area contributed by atoms with E-state index >= 15 is 0 Å². The third-order valence-electron chi connectivity index (χ3n) is 7.54. The van der Waals surface area contributed by atoms with E-state index < -0.39 is 5.82 Å². The van der Waals surface area contributed by atoms with Gasteiger partial charge in [-0.25, -0.2) is 24.3 Å². The van der Waals surface area contributed by atoms with Gasteiger partial charge in [0.05, 0.1) is 21.3 Å². The van der Waals surface area contributed by atoms with Crippen molar-refractivity contribution in [1.82, 2.24) is 34.3 Å². The zero-order valence-electron chi connectivity index (χ0n) is 22.8. The van der Waals surface area contributed by atoms with Crippen LogP contribution in [0.4, 0.5) is 10.2 Å². The van der Waals surface area contributed by atoms with Crippen LogP contribution in [-0.4, -0.2) is 66.4 Å². The first-order valence-corrected chi connectivity index (χ1v) is 14.5. The molecule has 5 heterocycles. The van der Waals surface area contributed by atoms with Crippen LogP contribution in [-0.2, 0) is 6.54 Å². The number of thiazole rings is 1. The van der Waals surface area contributed by atoms with Crippen LogP contribution in [0.1, 0.15) is 20.9 Å². The number of amides is 1. The number of hydrogen-bond donors (Lipinski definition) is 1. The van der Waals surface area contributed by atoms with E-state index in [1.54, 1.807) is 17.3 Å². The molecule has 0 bridgehead atoms. The number of carbonyl (C=O) groups excluding carboxylic acids is 1. The molecule has 10 nitrogen and oxygen atoms in total. The van der Waals surface area contributed by atoms with Crippen LogP contribution in [0.5, 0.6) is 0 Å². The number of nitrogens with zero attached hydrogens (tertiary/aromatic N) is 8. The fourth-order valence-corrected chi connectivity index (χ4v) is 6.29. The second-order valence-electron chi connectivity index (χ2n) is 10.2. The van der Waals surface area contributed by atoms with Crippen molar-refractivity contribution in [3.8, 4) is 23.1 Å². The molecule has 0 radical (unpaired) electrons. The molecule has 1 aliphatic heterocycles. The van der Waals surface area contributed by atoms with E-state index in [1.807, 2.05) is 47.0 Å². The summed E-state index contributed by atoms with van der Waals surface area (Å²) in [6.45, 7) is 3.11. The maximum absolute atomic E-state index is 14.2. The number of halogens is 1. The van der Waals surface area contributed by atoms with Gasteiger partial charge in [-0.1, -0.05) is 12.1 Å². The summed E-state index contributed by atoms with van der Waals surface area (Å²) >= 11 is 1.11. The van der Waals surface area contributed by atoms with Crippen molar-refractivity contribution in [2.45, 2.75) is 6.54 Å². The Bertz CT molecular complexity index is 2040. The molecular formula is C31H24FN9OS. The van der Waals surface area contributed by atoms with Gasteiger partial charge >= 0.3 is 0 Å². The largest absolute Gasteiger partial charge is 0.383 e. The SMILES string of the molecule is N#Cc1nc2cc(F)cc(C(=O)N3CCN(Cc4ccc(-n5c(-c6cccnc6N)nc6cccnc65)cc4)CC3)c2s1. The Kier molecular flexibility index (Phi) is 6.73. The molecule has 7 rings (SSSR count). The van der Waals surface area contributed by atoms with Crippen LogP contribution in [0.25, 0.3) is 38.5 Å². The van der Waals surface area contributed by atoms with Gasteiger partial charge in [-0.3, -0.25) is 14.3 Å². The molecule has 2 aromatic carbocycles. The summed E-state index contributed by atoms with van der Waals surface area (Å²) in [6, 6.07) is 20.2. The maximum atomic E-state index is 14.2. The summed E-state index contributed by atoms with van der Waals surface area (Å²) in [7, 11) is 0. The molecule has 0 saturated carbocycles. The molecule has 1 fully saturated rings. The average molecular weight is 590 g/mol. The first-order valence-electron chi connectivity index (χ1n) is 13.6. The summed E-state index contributed by atoms with van der Waals surface area (Å²) < 4.78 is 16.8. The molecular weight excluding hydrogens is 565 g/mol. The van der Waals surface area contributed by atoms with Gasteiger partial charge in [0, 0.05) is 56.9 Å². The van der Waals surface area contributed by atoms with Gasteiger partial charge in [0.25, 0.3) is 5.91 Å². The second kappa shape index (κ2) is 10.9. The fourth-order valence-electron chi connectivity index (χ4n) is 5.44. The Morgan fingerprint density at radius 1 is 0.977 bits per heavy atom. The van der Waals surface area contributed by atoms with E-state index in [4.69, 9.17) is 10.7 Å². The molecule has 1 aliphatic rings.